The first kappa shape index (κ1) is 35.6. The van der Waals surface area contributed by atoms with E-state index in [4.69, 9.17) is 15.8 Å². The number of aromatic nitrogens is 5. The van der Waals surface area contributed by atoms with E-state index in [1.54, 1.807) is 35.6 Å². The number of likely N-dealkylation sites (N-methyl/N-ethyl adjacent to an activating group) is 1. The molecule has 57 heavy (non-hydrogen) atoms. The van der Waals surface area contributed by atoms with Crippen molar-refractivity contribution >= 4 is 40.3 Å². The Balaban J connectivity index is 1.02. The smallest absolute Gasteiger partial charge is 0.267 e. The zero-order valence-electron chi connectivity index (χ0n) is 31.3. The fourth-order valence-corrected chi connectivity index (χ4v) is 8.30. The van der Waals surface area contributed by atoms with Crippen LogP contribution in [0.3, 0.4) is 0 Å². The van der Waals surface area contributed by atoms with Crippen LogP contribution in [0, 0.1) is 0 Å². The summed E-state index contributed by atoms with van der Waals surface area (Å²) < 4.78 is 1.94. The van der Waals surface area contributed by atoms with Gasteiger partial charge in [-0.1, -0.05) is 31.2 Å². The summed E-state index contributed by atoms with van der Waals surface area (Å²) in [5, 5.41) is 9.12. The number of primary amides is 1. The highest BCUT2D eigenvalue weighted by atomic mass is 16.2. The maximum absolute atomic E-state index is 13.5. The van der Waals surface area contributed by atoms with Crippen molar-refractivity contribution in [2.45, 2.75) is 58.2 Å². The summed E-state index contributed by atoms with van der Waals surface area (Å²) in [5.41, 5.74) is 15.3. The number of amides is 5. The minimum Gasteiger partial charge on any atom is -0.364 e. The van der Waals surface area contributed by atoms with E-state index in [1.165, 1.54) is 4.90 Å². The number of fused-ring (bicyclic) bond motifs is 3. The molecule has 7 heterocycles. The van der Waals surface area contributed by atoms with Gasteiger partial charge in [0.15, 0.2) is 0 Å². The number of imide groups is 1. The molecule has 3 N–H and O–H groups in total. The summed E-state index contributed by atoms with van der Waals surface area (Å²) in [5.74, 6) is -1.64. The number of hydrogen-bond donors (Lipinski definition) is 2. The van der Waals surface area contributed by atoms with Crippen molar-refractivity contribution < 1.29 is 24.0 Å². The molecule has 1 unspecified atom stereocenters. The largest absolute Gasteiger partial charge is 0.364 e. The summed E-state index contributed by atoms with van der Waals surface area (Å²) in [4.78, 5) is 80.2. The van der Waals surface area contributed by atoms with Gasteiger partial charge >= 0.3 is 0 Å². The van der Waals surface area contributed by atoms with Crippen LogP contribution in [0.15, 0.2) is 79.4 Å². The maximum atomic E-state index is 13.5. The summed E-state index contributed by atoms with van der Waals surface area (Å²) in [6, 6.07) is 16.5. The number of hydrogen-bond acceptors (Lipinski definition) is 9. The molecule has 1 atom stereocenters. The average Bonchev–Trinajstić information content (AvgIpc) is 3.73. The van der Waals surface area contributed by atoms with Crippen molar-refractivity contribution in [3.8, 4) is 28.1 Å². The molecule has 0 spiro atoms. The number of carbonyl (C=O) groups is 5. The Bertz CT molecular complexity index is 2720. The van der Waals surface area contributed by atoms with Crippen molar-refractivity contribution in [3.63, 3.8) is 0 Å². The number of nitrogens with zero attached hydrogens (tertiary/aromatic N) is 7. The van der Waals surface area contributed by atoms with E-state index < -0.39 is 17.9 Å². The molecular formula is C43H37N9O5. The summed E-state index contributed by atoms with van der Waals surface area (Å²) in [7, 11) is 1.81. The molecule has 4 aromatic heterocycles. The molecule has 14 nitrogen and oxygen atoms in total. The number of nitrogens with two attached hydrogens (primary N) is 1. The third-order valence-corrected chi connectivity index (χ3v) is 11.2. The second-order valence-corrected chi connectivity index (χ2v) is 14.7. The van der Waals surface area contributed by atoms with Gasteiger partial charge in [0.25, 0.3) is 11.8 Å². The molecule has 0 radical (unpaired) electrons. The quantitative estimate of drug-likeness (QED) is 0.216. The van der Waals surface area contributed by atoms with Gasteiger partial charge < -0.3 is 15.5 Å². The first-order chi connectivity index (χ1) is 27.6. The molecule has 1 fully saturated rings. The molecule has 1 saturated heterocycles. The van der Waals surface area contributed by atoms with Gasteiger partial charge in [-0.3, -0.25) is 44.2 Å². The summed E-state index contributed by atoms with van der Waals surface area (Å²) in [6.45, 7) is 2.74. The van der Waals surface area contributed by atoms with Crippen molar-refractivity contribution in [2.75, 3.05) is 7.05 Å². The number of carbonyl (C=O) groups excluding carboxylic acids is 5. The molecule has 0 aliphatic carbocycles. The lowest BCUT2D eigenvalue weighted by Gasteiger charge is -2.29. The van der Waals surface area contributed by atoms with Crippen LogP contribution in [0.5, 0.6) is 0 Å². The minimum absolute atomic E-state index is 0.0809. The van der Waals surface area contributed by atoms with Crippen LogP contribution in [0.4, 0.5) is 0 Å². The molecule has 14 heteroatoms. The van der Waals surface area contributed by atoms with E-state index in [0.717, 1.165) is 62.1 Å². The van der Waals surface area contributed by atoms with E-state index in [9.17, 15) is 24.0 Å². The molecular weight excluding hydrogens is 723 g/mol. The van der Waals surface area contributed by atoms with Crippen LogP contribution < -0.4 is 11.1 Å². The zero-order chi connectivity index (χ0) is 39.5. The lowest BCUT2D eigenvalue weighted by molar-refractivity contribution is -0.137. The molecule has 3 aliphatic rings. The first-order valence-corrected chi connectivity index (χ1v) is 18.8. The molecule has 5 amide bonds. The van der Waals surface area contributed by atoms with Gasteiger partial charge in [0, 0.05) is 78.9 Å². The molecule has 0 bridgehead atoms. The molecule has 3 aliphatic heterocycles. The second-order valence-electron chi connectivity index (χ2n) is 14.7. The number of aryl methyl sites for hydroxylation is 1. The van der Waals surface area contributed by atoms with Crippen LogP contribution in [0.1, 0.15) is 74.3 Å². The Labute approximate surface area is 326 Å². The van der Waals surface area contributed by atoms with Crippen LogP contribution >= 0.6 is 0 Å². The fraction of sp³-hybridized carbons (Fsp3) is 0.233. The Kier molecular flexibility index (Phi) is 8.67. The molecule has 0 saturated carbocycles. The highest BCUT2D eigenvalue weighted by molar-refractivity contribution is 6.06. The third kappa shape index (κ3) is 6.19. The number of pyridine rings is 3. The van der Waals surface area contributed by atoms with Crippen molar-refractivity contribution in [1.29, 1.82) is 0 Å². The number of nitrogens with one attached hydrogen (secondary N) is 1. The molecule has 284 valence electrons. The lowest BCUT2D eigenvalue weighted by atomic mass is 9.95. The van der Waals surface area contributed by atoms with E-state index >= 15 is 0 Å². The topological polar surface area (TPSA) is 186 Å². The average molecular weight is 760 g/mol. The standard InChI is InChI=1S/C43H37N9O5/c1-3-33-30-16-39(54)50(2)22-37(30)52(49-33)35-9-4-6-24-15-34(46-20-31(24)35)27-14-25(40(41(44)55)47-19-27)12-23-13-26(18-45-17-23)28-7-5-8-29-32(28)21-51(43(29)57)36-10-11-38(53)48-42(36)56/h4-9,13-15,17-20,36H,3,10-12,16,21-22H2,1-2H3,(H2,44,55)(H,48,53,56). The highest BCUT2D eigenvalue weighted by Crippen LogP contribution is 2.36. The predicted octanol–water partition coefficient (Wildman–Crippen LogP) is 4.07. The van der Waals surface area contributed by atoms with Gasteiger partial charge in [0.05, 0.1) is 35.7 Å². The molecule has 2 aromatic carbocycles. The van der Waals surface area contributed by atoms with E-state index in [-0.39, 0.29) is 49.2 Å². The normalized spacial score (nSPS) is 16.6. The Morgan fingerprint density at radius 1 is 0.912 bits per heavy atom. The molecule has 9 rings (SSSR count). The maximum Gasteiger partial charge on any atom is 0.267 e. The number of piperidine rings is 1. The van der Waals surface area contributed by atoms with Crippen LogP contribution in [-0.4, -0.2) is 77.2 Å². The Morgan fingerprint density at radius 2 is 1.74 bits per heavy atom. The van der Waals surface area contributed by atoms with E-state index in [2.05, 4.69) is 15.3 Å². The lowest BCUT2D eigenvalue weighted by Crippen LogP contribution is -2.52. The molecule has 6 aromatic rings. The van der Waals surface area contributed by atoms with Crippen molar-refractivity contribution in [1.82, 2.24) is 39.8 Å². The van der Waals surface area contributed by atoms with Crippen molar-refractivity contribution in [2.24, 2.45) is 5.73 Å². The van der Waals surface area contributed by atoms with Crippen LogP contribution in [-0.2, 0) is 46.7 Å². The summed E-state index contributed by atoms with van der Waals surface area (Å²) in [6.07, 6.45) is 8.63. The van der Waals surface area contributed by atoms with Crippen LogP contribution in [0.25, 0.3) is 38.8 Å². The van der Waals surface area contributed by atoms with E-state index in [1.807, 2.05) is 67.3 Å². The Morgan fingerprint density at radius 3 is 2.54 bits per heavy atom. The highest BCUT2D eigenvalue weighted by Gasteiger charge is 2.40. The van der Waals surface area contributed by atoms with Gasteiger partial charge in [0.1, 0.15) is 11.7 Å². The third-order valence-electron chi connectivity index (χ3n) is 11.2. The number of rotatable bonds is 8. The van der Waals surface area contributed by atoms with Crippen molar-refractivity contribution in [3.05, 3.63) is 124 Å². The monoisotopic (exact) mass is 759 g/mol. The first-order valence-electron chi connectivity index (χ1n) is 18.8. The Hall–Kier alpha value is -7.09. The van der Waals surface area contributed by atoms with Gasteiger partial charge in [0.2, 0.25) is 17.7 Å². The van der Waals surface area contributed by atoms with Gasteiger partial charge in [-0.2, -0.15) is 5.10 Å². The zero-order valence-corrected chi connectivity index (χ0v) is 31.3. The summed E-state index contributed by atoms with van der Waals surface area (Å²) >= 11 is 0. The number of benzene rings is 2. The fourth-order valence-electron chi connectivity index (χ4n) is 8.30. The van der Waals surface area contributed by atoms with Gasteiger partial charge in [-0.15, -0.1) is 0 Å². The second kappa shape index (κ2) is 13.9. The minimum atomic E-state index is -0.725. The SMILES string of the molecule is CCc1nn(-c2cccc3cc(-c4cnc(C(N)=O)c(Cc5cncc(-c6cccc7c6CN(C6CCC(=O)NC6=O)C7=O)c5)c4)ncc23)c2c1CC(=O)N(C)C2. The van der Waals surface area contributed by atoms with Gasteiger partial charge in [-0.25, -0.2) is 4.68 Å². The van der Waals surface area contributed by atoms with Crippen LogP contribution in [0.2, 0.25) is 0 Å². The predicted molar refractivity (Wildman–Crippen MR) is 209 cm³/mol. The van der Waals surface area contributed by atoms with Gasteiger partial charge in [-0.05, 0) is 70.8 Å². The van der Waals surface area contributed by atoms with E-state index in [0.29, 0.717) is 35.3 Å².